The zero-order valence-electron chi connectivity index (χ0n) is 29.9. The second-order valence-corrected chi connectivity index (χ2v) is 14.2. The molecule has 11 aromatic rings. The van der Waals surface area contributed by atoms with Crippen molar-refractivity contribution in [2.24, 2.45) is 0 Å². The van der Waals surface area contributed by atoms with E-state index in [4.69, 9.17) is 9.97 Å². The highest BCUT2D eigenvalue weighted by atomic mass is 14.9. The van der Waals surface area contributed by atoms with Crippen LogP contribution in [0.5, 0.6) is 0 Å². The molecule has 0 bridgehead atoms. The molecule has 0 spiro atoms. The Labute approximate surface area is 318 Å². The van der Waals surface area contributed by atoms with E-state index >= 15 is 0 Å². The summed E-state index contributed by atoms with van der Waals surface area (Å²) in [6.07, 6.45) is 0. The molecule has 0 fully saturated rings. The fourth-order valence-electron chi connectivity index (χ4n) is 8.35. The summed E-state index contributed by atoms with van der Waals surface area (Å²) in [4.78, 5) is 10.2. The number of aromatic nitrogens is 3. The van der Waals surface area contributed by atoms with Gasteiger partial charge in [0.1, 0.15) is 0 Å². The Morgan fingerprint density at radius 2 is 0.818 bits per heavy atom. The molecular weight excluding hydrogens is 667 g/mol. The lowest BCUT2D eigenvalue weighted by Gasteiger charge is -2.11. The second-order valence-electron chi connectivity index (χ2n) is 14.2. The first-order chi connectivity index (χ1) is 27.3. The largest absolute Gasteiger partial charge is 0.308 e. The average molecular weight is 700 g/mol. The van der Waals surface area contributed by atoms with Gasteiger partial charge in [-0.15, -0.1) is 0 Å². The van der Waals surface area contributed by atoms with Gasteiger partial charge in [-0.05, 0) is 63.7 Å². The fourth-order valence-corrected chi connectivity index (χ4v) is 8.35. The SMILES string of the molecule is c1ccc(-c2cc(-c3ccccc3)nc(-c3cccc(-c4cccc(-c5ccc6c7ccc(-c8ccccc8)c8c9ccccc9n(c6c5)c78)c4)c3)n2)cc1. The van der Waals surface area contributed by atoms with Crippen molar-refractivity contribution >= 4 is 38.1 Å². The first-order valence-corrected chi connectivity index (χ1v) is 18.7. The van der Waals surface area contributed by atoms with Crippen LogP contribution in [-0.4, -0.2) is 14.4 Å². The van der Waals surface area contributed by atoms with E-state index in [1.807, 2.05) is 12.1 Å². The van der Waals surface area contributed by atoms with Crippen molar-refractivity contribution in [3.05, 3.63) is 200 Å². The minimum atomic E-state index is 0.706. The third kappa shape index (κ3) is 5.20. The highest BCUT2D eigenvalue weighted by molar-refractivity contribution is 6.27. The molecular formula is C52H33N3. The standard InChI is InChI=1S/C52H33N3/c1-4-14-34(15-5-1)42-28-29-44-43-27-26-40(32-49(43)55-48-25-11-10-24-45(48)50(42)51(44)55)38-21-12-20-37(30-38)39-22-13-23-41(31-39)52-53-46(35-16-6-2-7-17-35)33-47(54-52)36-18-8-3-9-19-36/h1-33H. The molecule has 8 aromatic carbocycles. The number of fused-ring (bicyclic) bond motifs is 6. The van der Waals surface area contributed by atoms with E-state index in [0.29, 0.717) is 5.82 Å². The molecule has 3 aromatic heterocycles. The van der Waals surface area contributed by atoms with Crippen LogP contribution < -0.4 is 0 Å². The van der Waals surface area contributed by atoms with Crippen molar-refractivity contribution in [1.29, 1.82) is 0 Å². The zero-order valence-corrected chi connectivity index (χ0v) is 29.9. The molecule has 0 aliphatic carbocycles. The number of hydrogen-bond donors (Lipinski definition) is 0. The Bertz CT molecular complexity index is 3120. The molecule has 3 heteroatoms. The second kappa shape index (κ2) is 12.6. The van der Waals surface area contributed by atoms with E-state index < -0.39 is 0 Å². The molecule has 0 aliphatic rings. The number of benzene rings is 8. The van der Waals surface area contributed by atoms with Crippen molar-refractivity contribution in [3.8, 4) is 67.3 Å². The van der Waals surface area contributed by atoms with E-state index in [-0.39, 0.29) is 0 Å². The van der Waals surface area contributed by atoms with Crippen LogP contribution in [-0.2, 0) is 0 Å². The van der Waals surface area contributed by atoms with Crippen LogP contribution in [0.4, 0.5) is 0 Å². The summed E-state index contributed by atoms with van der Waals surface area (Å²) in [5.41, 5.74) is 15.8. The smallest absolute Gasteiger partial charge is 0.160 e. The highest BCUT2D eigenvalue weighted by Gasteiger charge is 2.21. The first kappa shape index (κ1) is 31.2. The third-order valence-electron chi connectivity index (χ3n) is 10.9. The number of rotatable bonds is 6. The topological polar surface area (TPSA) is 30.2 Å². The summed E-state index contributed by atoms with van der Waals surface area (Å²) in [7, 11) is 0. The van der Waals surface area contributed by atoms with Crippen molar-refractivity contribution in [1.82, 2.24) is 14.4 Å². The van der Waals surface area contributed by atoms with Gasteiger partial charge in [0, 0.05) is 38.2 Å². The molecule has 11 rings (SSSR count). The summed E-state index contributed by atoms with van der Waals surface area (Å²) in [6.45, 7) is 0. The maximum Gasteiger partial charge on any atom is 0.160 e. The van der Waals surface area contributed by atoms with Crippen LogP contribution in [0.15, 0.2) is 200 Å². The minimum absolute atomic E-state index is 0.706. The van der Waals surface area contributed by atoms with Gasteiger partial charge in [-0.3, -0.25) is 0 Å². The fraction of sp³-hybridized carbons (Fsp3) is 0. The average Bonchev–Trinajstić information content (AvgIpc) is 3.79. The maximum atomic E-state index is 5.09. The first-order valence-electron chi connectivity index (χ1n) is 18.7. The summed E-state index contributed by atoms with van der Waals surface area (Å²) in [5.74, 6) is 0.706. The molecule has 0 aliphatic heterocycles. The van der Waals surface area contributed by atoms with Gasteiger partial charge >= 0.3 is 0 Å². The van der Waals surface area contributed by atoms with Crippen molar-refractivity contribution in [3.63, 3.8) is 0 Å². The Kier molecular flexibility index (Phi) is 7.17. The van der Waals surface area contributed by atoms with Crippen LogP contribution in [0.2, 0.25) is 0 Å². The predicted octanol–water partition coefficient (Wildman–Crippen LogP) is 13.6. The number of hydrogen-bond acceptors (Lipinski definition) is 2. The van der Waals surface area contributed by atoms with Crippen LogP contribution >= 0.6 is 0 Å². The molecule has 0 saturated carbocycles. The van der Waals surface area contributed by atoms with Crippen LogP contribution in [0.25, 0.3) is 105 Å². The molecule has 0 atom stereocenters. The number of nitrogens with zero attached hydrogens (tertiary/aromatic N) is 3. The highest BCUT2D eigenvalue weighted by Crippen LogP contribution is 2.44. The molecule has 3 heterocycles. The summed E-state index contributed by atoms with van der Waals surface area (Å²) >= 11 is 0. The molecule has 3 nitrogen and oxygen atoms in total. The van der Waals surface area contributed by atoms with Crippen molar-refractivity contribution < 1.29 is 0 Å². The summed E-state index contributed by atoms with van der Waals surface area (Å²) in [6, 6.07) is 71.4. The minimum Gasteiger partial charge on any atom is -0.308 e. The van der Waals surface area contributed by atoms with Gasteiger partial charge in [-0.2, -0.15) is 0 Å². The molecule has 0 N–H and O–H groups in total. The van der Waals surface area contributed by atoms with E-state index in [0.717, 1.165) is 39.2 Å². The van der Waals surface area contributed by atoms with Gasteiger partial charge < -0.3 is 4.40 Å². The van der Waals surface area contributed by atoms with Gasteiger partial charge in [0.25, 0.3) is 0 Å². The lowest BCUT2D eigenvalue weighted by Crippen LogP contribution is -1.96. The van der Waals surface area contributed by atoms with Gasteiger partial charge in [0.2, 0.25) is 0 Å². The van der Waals surface area contributed by atoms with E-state index in [1.165, 1.54) is 60.3 Å². The molecule has 55 heavy (non-hydrogen) atoms. The lowest BCUT2D eigenvalue weighted by molar-refractivity contribution is 1.18. The quantitative estimate of drug-likeness (QED) is 0.173. The lowest BCUT2D eigenvalue weighted by atomic mass is 9.96. The number of para-hydroxylation sites is 1. The predicted molar refractivity (Wildman–Crippen MR) is 229 cm³/mol. The van der Waals surface area contributed by atoms with E-state index in [2.05, 4.69) is 192 Å². The Hall–Kier alpha value is -7.36. The van der Waals surface area contributed by atoms with E-state index in [1.54, 1.807) is 0 Å². The van der Waals surface area contributed by atoms with Crippen LogP contribution in [0, 0.1) is 0 Å². The molecule has 0 radical (unpaired) electrons. The molecule has 0 unspecified atom stereocenters. The van der Waals surface area contributed by atoms with Gasteiger partial charge in [0.15, 0.2) is 5.82 Å². The normalized spacial score (nSPS) is 11.6. The summed E-state index contributed by atoms with van der Waals surface area (Å²) < 4.78 is 2.48. The van der Waals surface area contributed by atoms with Crippen LogP contribution in [0.3, 0.4) is 0 Å². The van der Waals surface area contributed by atoms with Crippen LogP contribution in [0.1, 0.15) is 0 Å². The Balaban J connectivity index is 1.02. The maximum absolute atomic E-state index is 5.09. The zero-order chi connectivity index (χ0) is 36.3. The summed E-state index contributed by atoms with van der Waals surface area (Å²) in [5, 5.41) is 5.15. The van der Waals surface area contributed by atoms with Gasteiger partial charge in [0.05, 0.1) is 27.9 Å². The molecule has 0 saturated heterocycles. The van der Waals surface area contributed by atoms with Gasteiger partial charge in [-0.25, -0.2) is 9.97 Å². The van der Waals surface area contributed by atoms with Crippen molar-refractivity contribution in [2.45, 2.75) is 0 Å². The third-order valence-corrected chi connectivity index (χ3v) is 10.9. The van der Waals surface area contributed by atoms with E-state index in [9.17, 15) is 0 Å². The Morgan fingerprint density at radius 3 is 1.47 bits per heavy atom. The van der Waals surface area contributed by atoms with Crippen molar-refractivity contribution in [2.75, 3.05) is 0 Å². The molecule has 256 valence electrons. The van der Waals surface area contributed by atoms with Gasteiger partial charge in [-0.1, -0.05) is 170 Å². The molecule has 0 amide bonds. The Morgan fingerprint density at radius 1 is 0.309 bits per heavy atom. The monoisotopic (exact) mass is 699 g/mol.